The van der Waals surface area contributed by atoms with E-state index in [1.165, 1.54) is 24.0 Å². The molecule has 0 unspecified atom stereocenters. The van der Waals surface area contributed by atoms with Gasteiger partial charge in [-0.15, -0.1) is 0 Å². The van der Waals surface area contributed by atoms with Gasteiger partial charge in [0.05, 0.1) is 0 Å². The van der Waals surface area contributed by atoms with Gasteiger partial charge in [-0.1, -0.05) is 23.8 Å². The van der Waals surface area contributed by atoms with Crippen molar-refractivity contribution in [1.82, 2.24) is 0 Å². The molecular weight excluding hydrogens is 184 g/mol. The monoisotopic (exact) mass is 202 g/mol. The Morgan fingerprint density at radius 1 is 1.20 bits per heavy atom. The largest absolute Gasteiger partial charge is 0.489 e. The lowest BCUT2D eigenvalue weighted by atomic mass is 10.1. The molecule has 2 aliphatic carbocycles. The summed E-state index contributed by atoms with van der Waals surface area (Å²) in [4.78, 5) is 0. The molecule has 0 N–H and O–H groups in total. The second-order valence-corrected chi connectivity index (χ2v) is 4.18. The zero-order valence-electron chi connectivity index (χ0n) is 9.33. The molecule has 0 fully saturated rings. The Bertz CT molecular complexity index is 342. The molecule has 0 aromatic heterocycles. The summed E-state index contributed by atoms with van der Waals surface area (Å²) in [6.45, 7) is 2.88. The maximum atomic E-state index is 5.76. The Balaban J connectivity index is 1.85. The van der Waals surface area contributed by atoms with E-state index in [9.17, 15) is 0 Å². The van der Waals surface area contributed by atoms with Gasteiger partial charge in [0.1, 0.15) is 12.4 Å². The molecule has 1 nitrogen and oxygen atoms in total. The topological polar surface area (TPSA) is 9.23 Å². The summed E-state index contributed by atoms with van der Waals surface area (Å²) in [6.07, 6.45) is 15.6. The average Bonchev–Trinajstić information content (AvgIpc) is 2.28. The smallest absolute Gasteiger partial charge is 0.115 e. The Kier molecular flexibility index (Phi) is 3.44. The minimum Gasteiger partial charge on any atom is -0.489 e. The Hall–Kier alpha value is -1.24. The van der Waals surface area contributed by atoms with Crippen LogP contribution in [-0.2, 0) is 4.74 Å². The molecule has 2 aliphatic rings. The quantitative estimate of drug-likeness (QED) is 0.674. The molecule has 0 heterocycles. The SMILES string of the molecule is CC1=CC(OCC2=CCCC=C2)=CCC1. The van der Waals surface area contributed by atoms with E-state index in [0.29, 0.717) is 6.61 Å². The third-order valence-electron chi connectivity index (χ3n) is 2.75. The number of hydrogen-bond acceptors (Lipinski definition) is 1. The van der Waals surface area contributed by atoms with Crippen LogP contribution < -0.4 is 0 Å². The van der Waals surface area contributed by atoms with Crippen LogP contribution in [0.15, 0.2) is 47.3 Å². The fraction of sp³-hybridized carbons (Fsp3) is 0.429. The van der Waals surface area contributed by atoms with Crippen molar-refractivity contribution in [2.75, 3.05) is 6.61 Å². The van der Waals surface area contributed by atoms with Crippen molar-refractivity contribution in [3.05, 3.63) is 47.3 Å². The van der Waals surface area contributed by atoms with E-state index < -0.39 is 0 Å². The summed E-state index contributed by atoms with van der Waals surface area (Å²) in [5.41, 5.74) is 2.72. The lowest BCUT2D eigenvalue weighted by molar-refractivity contribution is 0.252. The first-order valence-corrected chi connectivity index (χ1v) is 5.70. The van der Waals surface area contributed by atoms with Crippen LogP contribution in [-0.4, -0.2) is 6.61 Å². The third-order valence-corrected chi connectivity index (χ3v) is 2.75. The van der Waals surface area contributed by atoms with Crippen molar-refractivity contribution in [3.8, 4) is 0 Å². The number of ether oxygens (including phenoxy) is 1. The lowest BCUT2D eigenvalue weighted by Crippen LogP contribution is -2.00. The first-order chi connectivity index (χ1) is 7.34. The first kappa shape index (κ1) is 10.3. The predicted molar refractivity (Wildman–Crippen MR) is 63.5 cm³/mol. The van der Waals surface area contributed by atoms with Gasteiger partial charge in [-0.05, 0) is 50.3 Å². The molecule has 0 radical (unpaired) electrons. The molecule has 1 heteroatoms. The zero-order chi connectivity index (χ0) is 10.5. The van der Waals surface area contributed by atoms with E-state index in [1.54, 1.807) is 0 Å². The number of rotatable bonds is 3. The third kappa shape index (κ3) is 3.12. The van der Waals surface area contributed by atoms with Crippen molar-refractivity contribution in [3.63, 3.8) is 0 Å². The molecule has 80 valence electrons. The highest BCUT2D eigenvalue weighted by atomic mass is 16.5. The minimum atomic E-state index is 0.714. The van der Waals surface area contributed by atoms with Crippen LogP contribution in [0.25, 0.3) is 0 Å². The van der Waals surface area contributed by atoms with E-state index in [0.717, 1.165) is 18.6 Å². The summed E-state index contributed by atoms with van der Waals surface area (Å²) in [7, 11) is 0. The Labute approximate surface area is 91.8 Å². The summed E-state index contributed by atoms with van der Waals surface area (Å²) >= 11 is 0. The second kappa shape index (κ2) is 5.01. The molecule has 0 saturated carbocycles. The van der Waals surface area contributed by atoms with E-state index >= 15 is 0 Å². The highest BCUT2D eigenvalue weighted by Gasteiger charge is 2.04. The average molecular weight is 202 g/mol. The van der Waals surface area contributed by atoms with Gasteiger partial charge in [-0.3, -0.25) is 0 Å². The molecule has 0 aromatic carbocycles. The fourth-order valence-electron chi connectivity index (χ4n) is 1.86. The number of allylic oxidation sites excluding steroid dienone is 5. The maximum Gasteiger partial charge on any atom is 0.115 e. The molecule has 0 bridgehead atoms. The lowest BCUT2D eigenvalue weighted by Gasteiger charge is -2.14. The highest BCUT2D eigenvalue weighted by molar-refractivity contribution is 5.25. The standard InChI is InChI=1S/C14H18O/c1-12-6-5-9-14(10-12)15-11-13-7-3-2-4-8-13/h3,7-10H,2,4-6,11H2,1H3. The van der Waals surface area contributed by atoms with E-state index in [1.807, 2.05) is 0 Å². The fourth-order valence-corrected chi connectivity index (χ4v) is 1.86. The zero-order valence-corrected chi connectivity index (χ0v) is 9.33. The van der Waals surface area contributed by atoms with Gasteiger partial charge in [-0.2, -0.15) is 0 Å². The van der Waals surface area contributed by atoms with Gasteiger partial charge >= 0.3 is 0 Å². The van der Waals surface area contributed by atoms with E-state index in [4.69, 9.17) is 4.74 Å². The first-order valence-electron chi connectivity index (χ1n) is 5.70. The molecule has 0 aromatic rings. The van der Waals surface area contributed by atoms with Crippen LogP contribution >= 0.6 is 0 Å². The summed E-state index contributed by atoms with van der Waals surface area (Å²) in [5, 5.41) is 0. The van der Waals surface area contributed by atoms with Crippen LogP contribution in [0.3, 0.4) is 0 Å². The van der Waals surface area contributed by atoms with Crippen LogP contribution in [0, 0.1) is 0 Å². The maximum absolute atomic E-state index is 5.76. The van der Waals surface area contributed by atoms with Crippen LogP contribution in [0.2, 0.25) is 0 Å². The Morgan fingerprint density at radius 3 is 2.87 bits per heavy atom. The molecular formula is C14H18O. The van der Waals surface area contributed by atoms with Gasteiger partial charge in [0.2, 0.25) is 0 Å². The van der Waals surface area contributed by atoms with Crippen LogP contribution in [0.4, 0.5) is 0 Å². The van der Waals surface area contributed by atoms with Gasteiger partial charge in [0, 0.05) is 0 Å². The van der Waals surface area contributed by atoms with Gasteiger partial charge in [-0.25, -0.2) is 0 Å². The molecule has 0 spiro atoms. The van der Waals surface area contributed by atoms with Gasteiger partial charge < -0.3 is 4.74 Å². The minimum absolute atomic E-state index is 0.714. The number of hydrogen-bond donors (Lipinski definition) is 0. The predicted octanol–water partition coefficient (Wildman–Crippen LogP) is 3.90. The van der Waals surface area contributed by atoms with Gasteiger partial charge in [0.15, 0.2) is 0 Å². The van der Waals surface area contributed by atoms with Gasteiger partial charge in [0.25, 0.3) is 0 Å². The summed E-state index contributed by atoms with van der Waals surface area (Å²) in [6, 6.07) is 0. The molecule has 0 atom stereocenters. The van der Waals surface area contributed by atoms with Crippen LogP contribution in [0.5, 0.6) is 0 Å². The molecule has 15 heavy (non-hydrogen) atoms. The molecule has 2 rings (SSSR count). The molecule has 0 aliphatic heterocycles. The van der Waals surface area contributed by atoms with Crippen molar-refractivity contribution in [1.29, 1.82) is 0 Å². The van der Waals surface area contributed by atoms with Crippen LogP contribution in [0.1, 0.15) is 32.6 Å². The van der Waals surface area contributed by atoms with E-state index in [2.05, 4.69) is 37.3 Å². The summed E-state index contributed by atoms with van der Waals surface area (Å²) in [5.74, 6) is 1.04. The highest BCUT2D eigenvalue weighted by Crippen LogP contribution is 2.19. The van der Waals surface area contributed by atoms with Crippen molar-refractivity contribution in [2.24, 2.45) is 0 Å². The van der Waals surface area contributed by atoms with Crippen molar-refractivity contribution < 1.29 is 4.74 Å². The Morgan fingerprint density at radius 2 is 2.13 bits per heavy atom. The molecule has 0 saturated heterocycles. The second-order valence-electron chi connectivity index (χ2n) is 4.18. The van der Waals surface area contributed by atoms with E-state index in [-0.39, 0.29) is 0 Å². The summed E-state index contributed by atoms with van der Waals surface area (Å²) < 4.78 is 5.76. The normalized spacial score (nSPS) is 20.5. The molecule has 0 amide bonds. The van der Waals surface area contributed by atoms with Crippen molar-refractivity contribution >= 4 is 0 Å². The van der Waals surface area contributed by atoms with Crippen molar-refractivity contribution in [2.45, 2.75) is 32.6 Å².